The maximum atomic E-state index is 11.7. The van der Waals surface area contributed by atoms with Crippen molar-refractivity contribution in [2.45, 2.75) is 33.1 Å². The van der Waals surface area contributed by atoms with Crippen molar-refractivity contribution >= 4 is 6.03 Å². The molecule has 0 saturated carbocycles. The maximum absolute atomic E-state index is 11.7. The lowest BCUT2D eigenvalue weighted by atomic mass is 10.1. The third-order valence-electron chi connectivity index (χ3n) is 3.13. The number of carbonyl (C=O) groups is 1. The van der Waals surface area contributed by atoms with Crippen LogP contribution in [0.25, 0.3) is 0 Å². The average molecular weight is 248 g/mol. The molecule has 1 aromatic carbocycles. The van der Waals surface area contributed by atoms with Crippen LogP contribution in [0.1, 0.15) is 30.9 Å². The van der Waals surface area contributed by atoms with Gasteiger partial charge in [0.1, 0.15) is 0 Å². The highest BCUT2D eigenvalue weighted by Gasteiger charge is 2.06. The van der Waals surface area contributed by atoms with Gasteiger partial charge in [-0.2, -0.15) is 0 Å². The van der Waals surface area contributed by atoms with E-state index in [-0.39, 0.29) is 6.03 Å². The van der Waals surface area contributed by atoms with E-state index in [0.29, 0.717) is 6.54 Å². The van der Waals surface area contributed by atoms with Gasteiger partial charge in [-0.05, 0) is 30.9 Å². The molecule has 1 aromatic rings. The molecule has 0 unspecified atom stereocenters. The van der Waals surface area contributed by atoms with Crippen molar-refractivity contribution in [1.82, 2.24) is 10.2 Å². The number of rotatable bonds is 6. The van der Waals surface area contributed by atoms with Crippen molar-refractivity contribution in [1.29, 1.82) is 0 Å². The summed E-state index contributed by atoms with van der Waals surface area (Å²) in [4.78, 5) is 13.5. The summed E-state index contributed by atoms with van der Waals surface area (Å²) in [5.74, 6) is 0. The Kier molecular flexibility index (Phi) is 6.26. The number of benzene rings is 1. The van der Waals surface area contributed by atoms with Crippen LogP contribution in [0.3, 0.4) is 0 Å². The van der Waals surface area contributed by atoms with E-state index in [1.165, 1.54) is 11.1 Å². The molecule has 0 spiro atoms. The first-order valence-corrected chi connectivity index (χ1v) is 6.68. The van der Waals surface area contributed by atoms with E-state index in [1.807, 2.05) is 19.2 Å². The van der Waals surface area contributed by atoms with E-state index in [0.717, 1.165) is 25.8 Å². The van der Waals surface area contributed by atoms with Crippen molar-refractivity contribution < 1.29 is 4.79 Å². The molecule has 0 heterocycles. The fraction of sp³-hybridized carbons (Fsp3) is 0.533. The highest BCUT2D eigenvalue weighted by atomic mass is 16.2. The zero-order valence-electron chi connectivity index (χ0n) is 11.7. The van der Waals surface area contributed by atoms with Gasteiger partial charge in [0.15, 0.2) is 0 Å². The van der Waals surface area contributed by atoms with Crippen LogP contribution in [0.4, 0.5) is 4.79 Å². The lowest BCUT2D eigenvalue weighted by molar-refractivity contribution is 0.208. The van der Waals surface area contributed by atoms with Crippen LogP contribution in [0.5, 0.6) is 0 Å². The minimum Gasteiger partial charge on any atom is -0.338 e. The Bertz CT molecular complexity index is 377. The number of amides is 2. The molecule has 0 aliphatic carbocycles. The van der Waals surface area contributed by atoms with Crippen molar-refractivity contribution in [2.24, 2.45) is 0 Å². The van der Waals surface area contributed by atoms with Gasteiger partial charge in [-0.1, -0.05) is 37.6 Å². The second kappa shape index (κ2) is 7.75. The Balaban J connectivity index is 2.29. The van der Waals surface area contributed by atoms with Gasteiger partial charge in [0.05, 0.1) is 0 Å². The van der Waals surface area contributed by atoms with Gasteiger partial charge in [-0.15, -0.1) is 0 Å². The minimum atomic E-state index is 0.0250. The fourth-order valence-electron chi connectivity index (χ4n) is 1.83. The fourth-order valence-corrected chi connectivity index (χ4v) is 1.83. The van der Waals surface area contributed by atoms with Gasteiger partial charge in [0.25, 0.3) is 0 Å². The standard InChI is InChI=1S/C15H24N2O/c1-4-5-12-17(3)15(18)16-11-10-14-9-7-6-8-13(14)2/h6-9H,4-5,10-12H2,1-3H3,(H,16,18). The van der Waals surface area contributed by atoms with Crippen LogP contribution in [-0.2, 0) is 6.42 Å². The molecule has 18 heavy (non-hydrogen) atoms. The van der Waals surface area contributed by atoms with Gasteiger partial charge in [-0.25, -0.2) is 4.79 Å². The van der Waals surface area contributed by atoms with E-state index >= 15 is 0 Å². The number of urea groups is 1. The third-order valence-corrected chi connectivity index (χ3v) is 3.13. The SMILES string of the molecule is CCCCN(C)C(=O)NCCc1ccccc1C. The van der Waals surface area contributed by atoms with Crippen molar-refractivity contribution in [3.8, 4) is 0 Å². The van der Waals surface area contributed by atoms with Crippen LogP contribution in [0, 0.1) is 6.92 Å². The van der Waals surface area contributed by atoms with Gasteiger partial charge < -0.3 is 10.2 Å². The van der Waals surface area contributed by atoms with E-state index in [9.17, 15) is 4.79 Å². The molecule has 0 radical (unpaired) electrons. The van der Waals surface area contributed by atoms with Gasteiger partial charge in [0.2, 0.25) is 0 Å². The molecular weight excluding hydrogens is 224 g/mol. The molecule has 3 nitrogen and oxygen atoms in total. The monoisotopic (exact) mass is 248 g/mol. The zero-order valence-corrected chi connectivity index (χ0v) is 11.7. The average Bonchev–Trinajstić information content (AvgIpc) is 2.38. The van der Waals surface area contributed by atoms with Crippen molar-refractivity contribution in [3.05, 3.63) is 35.4 Å². The lowest BCUT2D eigenvalue weighted by Crippen LogP contribution is -2.38. The van der Waals surface area contributed by atoms with Gasteiger partial charge >= 0.3 is 6.03 Å². The zero-order chi connectivity index (χ0) is 13.4. The quantitative estimate of drug-likeness (QED) is 0.824. The summed E-state index contributed by atoms with van der Waals surface area (Å²) in [6.45, 7) is 5.75. The van der Waals surface area contributed by atoms with Crippen LogP contribution >= 0.6 is 0 Å². The summed E-state index contributed by atoms with van der Waals surface area (Å²) in [7, 11) is 1.85. The molecule has 100 valence electrons. The lowest BCUT2D eigenvalue weighted by Gasteiger charge is -2.17. The molecule has 3 heteroatoms. The maximum Gasteiger partial charge on any atom is 0.317 e. The Morgan fingerprint density at radius 3 is 2.72 bits per heavy atom. The van der Waals surface area contributed by atoms with Gasteiger partial charge in [0, 0.05) is 20.1 Å². The van der Waals surface area contributed by atoms with E-state index in [4.69, 9.17) is 0 Å². The second-order valence-corrected chi connectivity index (χ2v) is 4.68. The first kappa shape index (κ1) is 14.6. The summed E-state index contributed by atoms with van der Waals surface area (Å²) in [6.07, 6.45) is 3.06. The largest absolute Gasteiger partial charge is 0.338 e. The van der Waals surface area contributed by atoms with E-state index in [1.54, 1.807) is 4.90 Å². The van der Waals surface area contributed by atoms with Crippen molar-refractivity contribution in [2.75, 3.05) is 20.1 Å². The smallest absolute Gasteiger partial charge is 0.317 e. The number of hydrogen-bond acceptors (Lipinski definition) is 1. The number of aryl methyl sites for hydroxylation is 1. The second-order valence-electron chi connectivity index (χ2n) is 4.68. The predicted octanol–water partition coefficient (Wildman–Crippen LogP) is 2.98. The summed E-state index contributed by atoms with van der Waals surface area (Å²) in [5.41, 5.74) is 2.58. The highest BCUT2D eigenvalue weighted by molar-refractivity contribution is 5.73. The first-order valence-electron chi connectivity index (χ1n) is 6.68. The third kappa shape index (κ3) is 4.78. The normalized spacial score (nSPS) is 10.2. The number of hydrogen-bond donors (Lipinski definition) is 1. The topological polar surface area (TPSA) is 32.3 Å². The number of unbranched alkanes of at least 4 members (excludes halogenated alkanes) is 1. The summed E-state index contributed by atoms with van der Waals surface area (Å²) in [5, 5.41) is 2.95. The summed E-state index contributed by atoms with van der Waals surface area (Å²) < 4.78 is 0. The molecule has 0 bridgehead atoms. The van der Waals surface area contributed by atoms with E-state index < -0.39 is 0 Å². The minimum absolute atomic E-state index is 0.0250. The summed E-state index contributed by atoms with van der Waals surface area (Å²) in [6, 6.07) is 8.32. The number of nitrogens with one attached hydrogen (secondary N) is 1. The summed E-state index contributed by atoms with van der Waals surface area (Å²) >= 11 is 0. The Morgan fingerprint density at radius 1 is 1.33 bits per heavy atom. The molecule has 0 aliphatic rings. The van der Waals surface area contributed by atoms with Crippen molar-refractivity contribution in [3.63, 3.8) is 0 Å². The van der Waals surface area contributed by atoms with E-state index in [2.05, 4.69) is 31.3 Å². The van der Waals surface area contributed by atoms with Crippen LogP contribution < -0.4 is 5.32 Å². The Hall–Kier alpha value is -1.51. The van der Waals surface area contributed by atoms with Crippen LogP contribution in [0.15, 0.2) is 24.3 Å². The molecule has 0 saturated heterocycles. The molecule has 1 rings (SSSR count). The molecule has 0 aromatic heterocycles. The Labute approximate surface area is 110 Å². The Morgan fingerprint density at radius 2 is 2.06 bits per heavy atom. The first-order chi connectivity index (χ1) is 8.65. The molecule has 0 fully saturated rings. The molecule has 0 aliphatic heterocycles. The predicted molar refractivity (Wildman–Crippen MR) is 75.8 cm³/mol. The highest BCUT2D eigenvalue weighted by Crippen LogP contribution is 2.06. The molecular formula is C15H24N2O. The van der Waals surface area contributed by atoms with Crippen LogP contribution in [0.2, 0.25) is 0 Å². The number of nitrogens with zero attached hydrogens (tertiary/aromatic N) is 1. The molecule has 1 N–H and O–H groups in total. The van der Waals surface area contributed by atoms with Gasteiger partial charge in [-0.3, -0.25) is 0 Å². The van der Waals surface area contributed by atoms with Crippen LogP contribution in [-0.4, -0.2) is 31.1 Å². The number of carbonyl (C=O) groups excluding carboxylic acids is 1. The molecule has 0 atom stereocenters. The molecule has 2 amide bonds.